The Morgan fingerprint density at radius 1 is 1.19 bits per heavy atom. The molecule has 8 heteroatoms. The highest BCUT2D eigenvalue weighted by atomic mass is 16.6. The van der Waals surface area contributed by atoms with Crippen molar-refractivity contribution >= 4 is 23.2 Å². The van der Waals surface area contributed by atoms with Crippen molar-refractivity contribution in [1.82, 2.24) is 0 Å². The van der Waals surface area contributed by atoms with Crippen molar-refractivity contribution in [2.75, 3.05) is 18.9 Å². The maximum Gasteiger partial charge on any atom is 0.292 e. The summed E-state index contributed by atoms with van der Waals surface area (Å²) in [6, 6.07) is 2.50. The molecule has 0 radical (unpaired) electrons. The molecule has 0 spiro atoms. The van der Waals surface area contributed by atoms with Crippen LogP contribution in [-0.4, -0.2) is 42.0 Å². The predicted molar refractivity (Wildman–Crippen MR) is 106 cm³/mol. The summed E-state index contributed by atoms with van der Waals surface area (Å²) in [5.74, 6) is 1.30. The molecule has 1 aromatic rings. The molecule has 2 N–H and O–H groups in total. The number of hydrogen-bond acceptors (Lipinski definition) is 7. The van der Waals surface area contributed by atoms with Crippen LogP contribution in [0.3, 0.4) is 0 Å². The molecular weight excluding hydrogens is 348 g/mol. The fourth-order valence-corrected chi connectivity index (χ4v) is 3.07. The van der Waals surface area contributed by atoms with Gasteiger partial charge in [0.05, 0.1) is 18.1 Å². The van der Waals surface area contributed by atoms with Gasteiger partial charge in [-0.05, 0) is 37.8 Å². The van der Waals surface area contributed by atoms with Gasteiger partial charge in [-0.1, -0.05) is 19.9 Å². The highest BCUT2D eigenvalue weighted by Crippen LogP contribution is 2.30. The molecule has 0 amide bonds. The van der Waals surface area contributed by atoms with Gasteiger partial charge in [0.15, 0.2) is 0 Å². The lowest BCUT2D eigenvalue weighted by molar-refractivity contribution is -0.384. The Hall–Kier alpha value is -2.64. The minimum Gasteiger partial charge on any atom is -0.480 e. The fraction of sp³-hybridized carbons (Fsp3) is 0.579. The molecule has 1 aliphatic heterocycles. The van der Waals surface area contributed by atoms with Crippen molar-refractivity contribution in [3.63, 3.8) is 0 Å². The highest BCUT2D eigenvalue weighted by molar-refractivity contribution is 5.94. The van der Waals surface area contributed by atoms with Crippen LogP contribution >= 0.6 is 0 Å². The van der Waals surface area contributed by atoms with E-state index in [0.29, 0.717) is 37.0 Å². The molecule has 0 aliphatic carbocycles. The van der Waals surface area contributed by atoms with Crippen LogP contribution in [0.5, 0.6) is 0 Å². The number of benzene rings is 1. The summed E-state index contributed by atoms with van der Waals surface area (Å²) in [5.41, 5.74) is 7.70. The molecule has 1 aliphatic rings. The number of aryl methyl sites for hydroxylation is 1. The van der Waals surface area contributed by atoms with Crippen LogP contribution < -0.4 is 5.73 Å². The SMILES string of the molecule is CCOC1=N[C@H](C(C)C)C(OCC)=NC1Cc1c(C)ccc([N+](=O)[O-])c1N. The van der Waals surface area contributed by atoms with Crippen LogP contribution in [0.4, 0.5) is 11.4 Å². The molecule has 0 saturated carbocycles. The zero-order valence-electron chi connectivity index (χ0n) is 16.6. The molecule has 1 unspecified atom stereocenters. The number of nitro groups is 1. The second kappa shape index (κ2) is 8.83. The summed E-state index contributed by atoms with van der Waals surface area (Å²) in [5, 5.41) is 11.2. The van der Waals surface area contributed by atoms with Crippen LogP contribution in [0.25, 0.3) is 0 Å². The van der Waals surface area contributed by atoms with Gasteiger partial charge in [0.2, 0.25) is 11.8 Å². The van der Waals surface area contributed by atoms with Crippen molar-refractivity contribution < 1.29 is 14.4 Å². The van der Waals surface area contributed by atoms with E-state index < -0.39 is 11.0 Å². The van der Waals surface area contributed by atoms with Crippen LogP contribution in [-0.2, 0) is 15.9 Å². The van der Waals surface area contributed by atoms with E-state index in [-0.39, 0.29) is 23.3 Å². The zero-order chi connectivity index (χ0) is 20.1. The number of hydrogen-bond donors (Lipinski definition) is 1. The number of aliphatic imine (C=N–C) groups is 2. The average molecular weight is 376 g/mol. The summed E-state index contributed by atoms with van der Waals surface area (Å²) in [7, 11) is 0. The standard InChI is InChI=1S/C19H28N4O4/c1-6-26-18-14(21-19(27-7-2)17(22-18)11(3)4)10-13-12(5)8-9-15(16(13)20)23(24)25/h8-9,11,14,17H,6-7,10,20H2,1-5H3/t14?,17-/m1/s1. The number of ether oxygens (including phenoxy) is 2. The van der Waals surface area contributed by atoms with Gasteiger partial charge >= 0.3 is 0 Å². The molecule has 8 nitrogen and oxygen atoms in total. The van der Waals surface area contributed by atoms with Crippen molar-refractivity contribution in [2.24, 2.45) is 15.9 Å². The maximum absolute atomic E-state index is 11.2. The van der Waals surface area contributed by atoms with Gasteiger partial charge in [0.1, 0.15) is 17.8 Å². The number of rotatable bonds is 6. The largest absolute Gasteiger partial charge is 0.480 e. The second-order valence-electron chi connectivity index (χ2n) is 6.76. The lowest BCUT2D eigenvalue weighted by atomic mass is 9.96. The molecule has 148 valence electrons. The Morgan fingerprint density at radius 3 is 2.37 bits per heavy atom. The third kappa shape index (κ3) is 4.56. The van der Waals surface area contributed by atoms with E-state index >= 15 is 0 Å². The molecule has 0 fully saturated rings. The Kier molecular flexibility index (Phi) is 6.76. The molecule has 1 aromatic carbocycles. The average Bonchev–Trinajstić information content (AvgIpc) is 2.60. The third-order valence-electron chi connectivity index (χ3n) is 4.47. The lowest BCUT2D eigenvalue weighted by Gasteiger charge is -2.28. The first-order valence-corrected chi connectivity index (χ1v) is 9.23. The van der Waals surface area contributed by atoms with E-state index in [1.807, 2.05) is 20.8 Å². The van der Waals surface area contributed by atoms with Gasteiger partial charge in [-0.15, -0.1) is 0 Å². The van der Waals surface area contributed by atoms with E-state index in [2.05, 4.69) is 13.8 Å². The Balaban J connectivity index is 2.45. The van der Waals surface area contributed by atoms with Gasteiger partial charge in [-0.25, -0.2) is 9.98 Å². The van der Waals surface area contributed by atoms with E-state index in [4.69, 9.17) is 25.2 Å². The normalized spacial score (nSPS) is 19.5. The molecular formula is C19H28N4O4. The molecule has 2 rings (SSSR count). The molecule has 27 heavy (non-hydrogen) atoms. The van der Waals surface area contributed by atoms with E-state index in [9.17, 15) is 10.1 Å². The summed E-state index contributed by atoms with van der Waals surface area (Å²) in [6.45, 7) is 10.7. The van der Waals surface area contributed by atoms with Crippen molar-refractivity contribution in [1.29, 1.82) is 0 Å². The molecule has 2 atom stereocenters. The maximum atomic E-state index is 11.2. The van der Waals surface area contributed by atoms with Gasteiger partial charge in [0.25, 0.3) is 5.69 Å². The van der Waals surface area contributed by atoms with Crippen molar-refractivity contribution in [3.05, 3.63) is 33.4 Å². The smallest absolute Gasteiger partial charge is 0.292 e. The van der Waals surface area contributed by atoms with E-state index in [1.165, 1.54) is 6.07 Å². The Labute approximate surface area is 159 Å². The van der Waals surface area contributed by atoms with Crippen molar-refractivity contribution in [2.45, 2.75) is 53.1 Å². The van der Waals surface area contributed by atoms with Gasteiger partial charge in [0, 0.05) is 12.5 Å². The number of nitrogen functional groups attached to an aromatic ring is 1. The first-order valence-electron chi connectivity index (χ1n) is 9.23. The molecule has 0 aromatic heterocycles. The zero-order valence-corrected chi connectivity index (χ0v) is 16.6. The number of nitrogens with zero attached hydrogens (tertiary/aromatic N) is 3. The number of nitrogens with two attached hydrogens (primary N) is 1. The number of anilines is 1. The highest BCUT2D eigenvalue weighted by Gasteiger charge is 2.32. The van der Waals surface area contributed by atoms with Crippen LogP contribution in [0.2, 0.25) is 0 Å². The third-order valence-corrected chi connectivity index (χ3v) is 4.47. The topological polar surface area (TPSA) is 112 Å². The first-order chi connectivity index (χ1) is 12.8. The Morgan fingerprint density at radius 2 is 1.81 bits per heavy atom. The molecule has 1 heterocycles. The number of nitro benzene ring substituents is 1. The van der Waals surface area contributed by atoms with Crippen LogP contribution in [0.1, 0.15) is 38.8 Å². The summed E-state index contributed by atoms with van der Waals surface area (Å²) in [4.78, 5) is 20.2. The molecule has 0 saturated heterocycles. The van der Waals surface area contributed by atoms with Gasteiger partial charge in [-0.2, -0.15) is 0 Å². The van der Waals surface area contributed by atoms with E-state index in [1.54, 1.807) is 6.07 Å². The predicted octanol–water partition coefficient (Wildman–Crippen LogP) is 3.30. The van der Waals surface area contributed by atoms with Gasteiger partial charge < -0.3 is 15.2 Å². The minimum atomic E-state index is -0.472. The first kappa shape index (κ1) is 20.7. The van der Waals surface area contributed by atoms with Gasteiger partial charge in [-0.3, -0.25) is 10.1 Å². The fourth-order valence-electron chi connectivity index (χ4n) is 3.07. The quantitative estimate of drug-likeness (QED) is 0.465. The molecule has 0 bridgehead atoms. The minimum absolute atomic E-state index is 0.102. The van der Waals surface area contributed by atoms with Crippen molar-refractivity contribution in [3.8, 4) is 0 Å². The van der Waals surface area contributed by atoms with E-state index in [0.717, 1.165) is 5.56 Å². The summed E-state index contributed by atoms with van der Waals surface area (Å²) >= 11 is 0. The summed E-state index contributed by atoms with van der Waals surface area (Å²) < 4.78 is 11.5. The Bertz CT molecular complexity index is 758. The summed E-state index contributed by atoms with van der Waals surface area (Å²) in [6.07, 6.45) is 0.361. The second-order valence-corrected chi connectivity index (χ2v) is 6.76. The lowest BCUT2D eigenvalue weighted by Crippen LogP contribution is -2.39. The monoisotopic (exact) mass is 376 g/mol. The van der Waals surface area contributed by atoms with Crippen LogP contribution in [0, 0.1) is 23.0 Å². The van der Waals surface area contributed by atoms with Crippen LogP contribution in [0.15, 0.2) is 22.1 Å².